The highest BCUT2D eigenvalue weighted by molar-refractivity contribution is 5.67. The topological polar surface area (TPSA) is 62.4 Å². The quantitative estimate of drug-likeness (QED) is 0.514. The van der Waals surface area contributed by atoms with E-state index in [-0.39, 0.29) is 6.09 Å². The van der Waals surface area contributed by atoms with Crippen LogP contribution in [0.2, 0.25) is 0 Å². The molecule has 0 aromatic rings. The number of piperidine rings is 1. The van der Waals surface area contributed by atoms with Gasteiger partial charge >= 0.3 is 6.09 Å². The summed E-state index contributed by atoms with van der Waals surface area (Å²) in [6.45, 7) is 9.03. The lowest BCUT2D eigenvalue weighted by atomic mass is 10.1. The van der Waals surface area contributed by atoms with Crippen LogP contribution in [0.15, 0.2) is 12.2 Å². The second kappa shape index (κ2) is 8.97. The first-order valence-corrected chi connectivity index (χ1v) is 7.53. The summed E-state index contributed by atoms with van der Waals surface area (Å²) in [6, 6.07) is 0.608. The minimum Gasteiger partial charge on any atom is -0.444 e. The first-order valence-electron chi connectivity index (χ1n) is 7.53. The maximum atomic E-state index is 11.4. The third kappa shape index (κ3) is 8.93. The van der Waals surface area contributed by atoms with E-state index < -0.39 is 5.60 Å². The van der Waals surface area contributed by atoms with Gasteiger partial charge in [-0.25, -0.2) is 4.79 Å². The van der Waals surface area contributed by atoms with Crippen LogP contribution in [0.4, 0.5) is 4.79 Å². The summed E-state index contributed by atoms with van der Waals surface area (Å²) in [5.41, 5.74) is -0.442. The van der Waals surface area contributed by atoms with Gasteiger partial charge in [-0.15, -0.1) is 0 Å². The summed E-state index contributed by atoms with van der Waals surface area (Å²) in [5.74, 6) is 0. The Kier molecular flexibility index (Phi) is 7.62. The van der Waals surface area contributed by atoms with Crippen molar-refractivity contribution in [2.45, 2.75) is 51.7 Å². The fourth-order valence-electron chi connectivity index (χ4n) is 2.06. The molecule has 0 saturated carbocycles. The smallest absolute Gasteiger partial charge is 0.407 e. The minimum atomic E-state index is -0.442. The van der Waals surface area contributed by atoms with E-state index in [4.69, 9.17) is 4.74 Å². The fourth-order valence-corrected chi connectivity index (χ4v) is 2.06. The monoisotopic (exact) mass is 283 g/mol. The van der Waals surface area contributed by atoms with E-state index in [9.17, 15) is 4.79 Å². The second-order valence-electron chi connectivity index (χ2n) is 6.16. The zero-order chi connectivity index (χ0) is 14.8. The molecule has 0 bridgehead atoms. The molecule has 0 aliphatic carbocycles. The van der Waals surface area contributed by atoms with Crippen molar-refractivity contribution in [2.24, 2.45) is 0 Å². The summed E-state index contributed by atoms with van der Waals surface area (Å²) in [4.78, 5) is 11.4. The molecule has 1 saturated heterocycles. The molecule has 1 aliphatic rings. The van der Waals surface area contributed by atoms with Crippen LogP contribution < -0.4 is 16.0 Å². The van der Waals surface area contributed by atoms with Crippen molar-refractivity contribution >= 4 is 6.09 Å². The molecule has 5 heteroatoms. The summed E-state index contributed by atoms with van der Waals surface area (Å²) in [6.07, 6.45) is 7.48. The number of amides is 1. The van der Waals surface area contributed by atoms with Crippen LogP contribution in [0.25, 0.3) is 0 Å². The van der Waals surface area contributed by atoms with Crippen molar-refractivity contribution in [1.29, 1.82) is 0 Å². The standard InChI is InChI=1S/C15H29N3O2/c1-15(2,3)20-14(19)18-11-7-6-9-16-12-13-8-4-5-10-17-13/h6-7,13,16-17H,4-5,8-12H2,1-3H3,(H,18,19)/b7-6+. The molecular formula is C15H29N3O2. The minimum absolute atomic E-state index is 0.374. The maximum absolute atomic E-state index is 11.4. The van der Waals surface area contributed by atoms with Crippen molar-refractivity contribution in [3.63, 3.8) is 0 Å². The van der Waals surface area contributed by atoms with Gasteiger partial charge in [-0.3, -0.25) is 0 Å². The molecule has 1 unspecified atom stereocenters. The number of ether oxygens (including phenoxy) is 1. The van der Waals surface area contributed by atoms with Gasteiger partial charge in [0.05, 0.1) is 0 Å². The Labute approximate surface area is 122 Å². The number of hydrogen-bond donors (Lipinski definition) is 3. The lowest BCUT2D eigenvalue weighted by molar-refractivity contribution is 0.0534. The number of rotatable bonds is 6. The van der Waals surface area contributed by atoms with Gasteiger partial charge in [0.25, 0.3) is 0 Å². The lowest BCUT2D eigenvalue weighted by Crippen LogP contribution is -2.41. The zero-order valence-electron chi connectivity index (χ0n) is 13.0. The van der Waals surface area contributed by atoms with Gasteiger partial charge in [0, 0.05) is 25.7 Å². The Morgan fingerprint density at radius 1 is 1.30 bits per heavy atom. The SMILES string of the molecule is CC(C)(C)OC(=O)NC/C=C/CNCC1CCCCN1. The van der Waals surface area contributed by atoms with Crippen LogP contribution in [-0.4, -0.2) is 43.9 Å². The second-order valence-corrected chi connectivity index (χ2v) is 6.16. The molecular weight excluding hydrogens is 254 g/mol. The molecule has 1 fully saturated rings. The van der Waals surface area contributed by atoms with E-state index >= 15 is 0 Å². The predicted molar refractivity (Wildman–Crippen MR) is 81.9 cm³/mol. The van der Waals surface area contributed by atoms with Crippen LogP contribution in [0, 0.1) is 0 Å². The van der Waals surface area contributed by atoms with Gasteiger partial charge in [0.15, 0.2) is 0 Å². The highest BCUT2D eigenvalue weighted by atomic mass is 16.6. The Bertz CT molecular complexity index is 305. The molecule has 116 valence electrons. The number of carbonyl (C=O) groups is 1. The summed E-state index contributed by atoms with van der Waals surface area (Å²) >= 11 is 0. The molecule has 1 rings (SSSR count). The van der Waals surface area contributed by atoms with Crippen LogP contribution in [0.1, 0.15) is 40.0 Å². The molecule has 3 N–H and O–H groups in total. The molecule has 1 aliphatic heterocycles. The largest absolute Gasteiger partial charge is 0.444 e. The van der Waals surface area contributed by atoms with E-state index in [0.29, 0.717) is 12.6 Å². The predicted octanol–water partition coefficient (Wildman–Crippen LogP) is 1.80. The van der Waals surface area contributed by atoms with Gasteiger partial charge in [-0.05, 0) is 40.2 Å². The maximum Gasteiger partial charge on any atom is 0.407 e. The summed E-state index contributed by atoms with van der Waals surface area (Å²) in [5, 5.41) is 9.58. The molecule has 0 aromatic heterocycles. The number of hydrogen-bond acceptors (Lipinski definition) is 4. The molecule has 1 heterocycles. The number of carbonyl (C=O) groups excluding carboxylic acids is 1. The van der Waals surface area contributed by atoms with E-state index in [0.717, 1.165) is 19.6 Å². The van der Waals surface area contributed by atoms with Crippen LogP contribution >= 0.6 is 0 Å². The van der Waals surface area contributed by atoms with Crippen molar-refractivity contribution in [3.05, 3.63) is 12.2 Å². The molecule has 0 spiro atoms. The number of alkyl carbamates (subject to hydrolysis) is 1. The highest BCUT2D eigenvalue weighted by Gasteiger charge is 2.15. The molecule has 20 heavy (non-hydrogen) atoms. The molecule has 0 aromatic carbocycles. The average Bonchev–Trinajstić information content (AvgIpc) is 2.37. The third-order valence-corrected chi connectivity index (χ3v) is 3.00. The fraction of sp³-hybridized carbons (Fsp3) is 0.800. The van der Waals surface area contributed by atoms with E-state index in [1.54, 1.807) is 0 Å². The van der Waals surface area contributed by atoms with Crippen molar-refractivity contribution in [2.75, 3.05) is 26.2 Å². The van der Waals surface area contributed by atoms with Gasteiger partial charge in [0.1, 0.15) is 5.60 Å². The van der Waals surface area contributed by atoms with Crippen LogP contribution in [0.3, 0.4) is 0 Å². The Morgan fingerprint density at radius 2 is 2.05 bits per heavy atom. The lowest BCUT2D eigenvalue weighted by Gasteiger charge is -2.23. The summed E-state index contributed by atoms with van der Waals surface area (Å²) in [7, 11) is 0. The van der Waals surface area contributed by atoms with E-state index in [1.165, 1.54) is 19.3 Å². The Hall–Kier alpha value is -1.07. The number of nitrogens with one attached hydrogen (secondary N) is 3. The Balaban J connectivity index is 1.97. The first-order chi connectivity index (χ1) is 9.47. The van der Waals surface area contributed by atoms with Gasteiger partial charge < -0.3 is 20.7 Å². The third-order valence-electron chi connectivity index (χ3n) is 3.00. The van der Waals surface area contributed by atoms with Crippen LogP contribution in [-0.2, 0) is 4.74 Å². The van der Waals surface area contributed by atoms with Crippen molar-refractivity contribution in [1.82, 2.24) is 16.0 Å². The van der Waals surface area contributed by atoms with Crippen molar-refractivity contribution in [3.8, 4) is 0 Å². The van der Waals surface area contributed by atoms with E-state index in [2.05, 4.69) is 16.0 Å². The molecule has 1 amide bonds. The van der Waals surface area contributed by atoms with E-state index in [1.807, 2.05) is 32.9 Å². The average molecular weight is 283 g/mol. The highest BCUT2D eigenvalue weighted by Crippen LogP contribution is 2.06. The zero-order valence-corrected chi connectivity index (χ0v) is 13.0. The normalized spacial score (nSPS) is 20.1. The van der Waals surface area contributed by atoms with Gasteiger partial charge in [-0.2, -0.15) is 0 Å². The van der Waals surface area contributed by atoms with Gasteiger partial charge in [0.2, 0.25) is 0 Å². The van der Waals surface area contributed by atoms with Crippen LogP contribution in [0.5, 0.6) is 0 Å². The Morgan fingerprint density at radius 3 is 2.70 bits per heavy atom. The molecule has 0 radical (unpaired) electrons. The van der Waals surface area contributed by atoms with Crippen molar-refractivity contribution < 1.29 is 9.53 Å². The molecule has 5 nitrogen and oxygen atoms in total. The summed E-state index contributed by atoms with van der Waals surface area (Å²) < 4.78 is 5.14. The first kappa shape index (κ1) is 17.0. The van der Waals surface area contributed by atoms with Gasteiger partial charge in [-0.1, -0.05) is 18.6 Å². The molecule has 1 atom stereocenters.